The Labute approximate surface area is 124 Å². The summed E-state index contributed by atoms with van der Waals surface area (Å²) in [7, 11) is 3.28. The molecule has 0 unspecified atom stereocenters. The van der Waals surface area contributed by atoms with E-state index in [0.29, 0.717) is 0 Å². The Morgan fingerprint density at radius 2 is 1.71 bits per heavy atom. The number of aromatic nitrogens is 2. The van der Waals surface area contributed by atoms with Crippen molar-refractivity contribution in [3.8, 4) is 22.8 Å². The Morgan fingerprint density at radius 3 is 2.43 bits per heavy atom. The van der Waals surface area contributed by atoms with Gasteiger partial charge in [0, 0.05) is 11.3 Å². The molecule has 1 aromatic carbocycles. The number of nitrogens with zero attached hydrogens (tertiary/aromatic N) is 2. The van der Waals surface area contributed by atoms with Crippen molar-refractivity contribution in [2.45, 2.75) is 13.8 Å². The lowest BCUT2D eigenvalue weighted by Gasteiger charge is -2.11. The molecule has 0 bridgehead atoms. The van der Waals surface area contributed by atoms with Crippen LogP contribution in [0.3, 0.4) is 0 Å². The van der Waals surface area contributed by atoms with E-state index in [1.165, 1.54) is 5.56 Å². The van der Waals surface area contributed by atoms with E-state index in [1.807, 2.05) is 24.4 Å². The third kappa shape index (κ3) is 2.23. The first-order chi connectivity index (χ1) is 10.1. The predicted octanol–water partition coefficient (Wildman–Crippen LogP) is 3.64. The molecule has 4 nitrogen and oxygen atoms in total. The minimum Gasteiger partial charge on any atom is -0.493 e. The molecule has 0 fully saturated rings. The lowest BCUT2D eigenvalue weighted by Crippen LogP contribution is -1.96. The van der Waals surface area contributed by atoms with E-state index < -0.39 is 0 Å². The van der Waals surface area contributed by atoms with Crippen molar-refractivity contribution in [1.82, 2.24) is 9.38 Å². The number of aryl methyl sites for hydroxylation is 2. The quantitative estimate of drug-likeness (QED) is 0.736. The molecule has 0 N–H and O–H groups in total. The van der Waals surface area contributed by atoms with Crippen molar-refractivity contribution in [2.24, 2.45) is 0 Å². The predicted molar refractivity (Wildman–Crippen MR) is 83.2 cm³/mol. The second kappa shape index (κ2) is 5.13. The fraction of sp³-hybridized carbons (Fsp3) is 0.235. The lowest BCUT2D eigenvalue weighted by molar-refractivity contribution is 0.355. The Balaban J connectivity index is 2.21. The topological polar surface area (TPSA) is 35.8 Å². The molecular formula is C17H18N2O2. The zero-order chi connectivity index (χ0) is 15.0. The van der Waals surface area contributed by atoms with Crippen LogP contribution < -0.4 is 9.47 Å². The monoisotopic (exact) mass is 282 g/mol. The standard InChI is InChI=1S/C17H18N2O2/c1-11-7-12(2)19-14(10-18-17(19)8-11)13-5-6-15(20-3)16(9-13)21-4/h5-10H,1-4H3. The van der Waals surface area contributed by atoms with E-state index in [-0.39, 0.29) is 0 Å². The first-order valence-corrected chi connectivity index (χ1v) is 6.81. The van der Waals surface area contributed by atoms with Gasteiger partial charge in [0.1, 0.15) is 5.65 Å². The molecule has 4 heteroatoms. The number of ether oxygens (including phenoxy) is 2. The van der Waals surface area contributed by atoms with Crippen molar-refractivity contribution >= 4 is 5.65 Å². The molecule has 108 valence electrons. The van der Waals surface area contributed by atoms with Gasteiger partial charge in [0.15, 0.2) is 11.5 Å². The van der Waals surface area contributed by atoms with Crippen LogP contribution in [0.2, 0.25) is 0 Å². The maximum absolute atomic E-state index is 5.38. The van der Waals surface area contributed by atoms with Gasteiger partial charge in [0.25, 0.3) is 0 Å². The highest BCUT2D eigenvalue weighted by molar-refractivity contribution is 5.68. The number of fused-ring (bicyclic) bond motifs is 1. The molecule has 0 saturated heterocycles. The lowest BCUT2D eigenvalue weighted by atomic mass is 10.1. The summed E-state index contributed by atoms with van der Waals surface area (Å²) in [5, 5.41) is 0. The Kier molecular flexibility index (Phi) is 3.29. The van der Waals surface area contributed by atoms with E-state index >= 15 is 0 Å². The van der Waals surface area contributed by atoms with Crippen LogP contribution in [-0.4, -0.2) is 23.6 Å². The van der Waals surface area contributed by atoms with Crippen LogP contribution in [0.15, 0.2) is 36.5 Å². The van der Waals surface area contributed by atoms with Crippen molar-refractivity contribution in [3.05, 3.63) is 47.8 Å². The van der Waals surface area contributed by atoms with E-state index in [9.17, 15) is 0 Å². The van der Waals surface area contributed by atoms with E-state index in [2.05, 4.69) is 35.4 Å². The van der Waals surface area contributed by atoms with E-state index in [0.717, 1.165) is 34.1 Å². The number of methoxy groups -OCH3 is 2. The first kappa shape index (κ1) is 13.5. The maximum atomic E-state index is 5.38. The van der Waals surface area contributed by atoms with Crippen molar-refractivity contribution in [3.63, 3.8) is 0 Å². The van der Waals surface area contributed by atoms with Crippen LogP contribution in [-0.2, 0) is 0 Å². The molecule has 0 spiro atoms. The zero-order valence-corrected chi connectivity index (χ0v) is 12.7. The van der Waals surface area contributed by atoms with Gasteiger partial charge in [-0.25, -0.2) is 4.98 Å². The van der Waals surface area contributed by atoms with Crippen molar-refractivity contribution in [2.75, 3.05) is 14.2 Å². The molecular weight excluding hydrogens is 264 g/mol. The first-order valence-electron chi connectivity index (χ1n) is 6.81. The molecule has 0 amide bonds. The summed E-state index contributed by atoms with van der Waals surface area (Å²) in [6.45, 7) is 4.17. The van der Waals surface area contributed by atoms with Gasteiger partial charge < -0.3 is 9.47 Å². The highest BCUT2D eigenvalue weighted by Gasteiger charge is 2.11. The summed E-state index contributed by atoms with van der Waals surface area (Å²) in [5.74, 6) is 1.44. The molecule has 3 aromatic rings. The summed E-state index contributed by atoms with van der Waals surface area (Å²) >= 11 is 0. The number of rotatable bonds is 3. The minimum atomic E-state index is 0.717. The van der Waals surface area contributed by atoms with Crippen LogP contribution in [0.1, 0.15) is 11.3 Å². The molecule has 0 aliphatic carbocycles. The number of hydrogen-bond acceptors (Lipinski definition) is 3. The highest BCUT2D eigenvalue weighted by atomic mass is 16.5. The van der Waals surface area contributed by atoms with Gasteiger partial charge in [-0.1, -0.05) is 0 Å². The average Bonchev–Trinajstić information content (AvgIpc) is 2.90. The number of imidazole rings is 1. The normalized spacial score (nSPS) is 10.9. The molecule has 2 heterocycles. The van der Waals surface area contributed by atoms with Gasteiger partial charge in [-0.3, -0.25) is 4.40 Å². The van der Waals surface area contributed by atoms with E-state index in [4.69, 9.17) is 9.47 Å². The van der Waals surface area contributed by atoms with Gasteiger partial charge >= 0.3 is 0 Å². The molecule has 0 aliphatic heterocycles. The highest BCUT2D eigenvalue weighted by Crippen LogP contribution is 2.33. The maximum Gasteiger partial charge on any atom is 0.161 e. The molecule has 21 heavy (non-hydrogen) atoms. The Bertz CT molecular complexity index is 806. The molecule has 0 radical (unpaired) electrons. The Hall–Kier alpha value is -2.49. The minimum absolute atomic E-state index is 0.717. The fourth-order valence-electron chi connectivity index (χ4n) is 2.68. The number of pyridine rings is 1. The average molecular weight is 282 g/mol. The molecule has 2 aromatic heterocycles. The largest absolute Gasteiger partial charge is 0.493 e. The summed E-state index contributed by atoms with van der Waals surface area (Å²) < 4.78 is 12.8. The van der Waals surface area contributed by atoms with E-state index in [1.54, 1.807) is 14.2 Å². The summed E-state index contributed by atoms with van der Waals surface area (Å²) in [6.07, 6.45) is 1.89. The van der Waals surface area contributed by atoms with Crippen LogP contribution >= 0.6 is 0 Å². The van der Waals surface area contributed by atoms with Gasteiger partial charge in [-0.2, -0.15) is 0 Å². The van der Waals surface area contributed by atoms with Crippen molar-refractivity contribution < 1.29 is 9.47 Å². The molecule has 0 aliphatic rings. The summed E-state index contributed by atoms with van der Waals surface area (Å²) in [5.41, 5.74) is 5.42. The second-order valence-electron chi connectivity index (χ2n) is 5.08. The molecule has 3 rings (SSSR count). The SMILES string of the molecule is COc1ccc(-c2cnc3cc(C)cc(C)n23)cc1OC. The van der Waals surface area contributed by atoms with Gasteiger partial charge in [-0.05, 0) is 49.7 Å². The summed E-state index contributed by atoms with van der Waals surface area (Å²) in [6, 6.07) is 10.1. The van der Waals surface area contributed by atoms with Gasteiger partial charge in [-0.15, -0.1) is 0 Å². The van der Waals surface area contributed by atoms with Crippen LogP contribution in [0, 0.1) is 13.8 Å². The smallest absolute Gasteiger partial charge is 0.161 e. The van der Waals surface area contributed by atoms with Crippen LogP contribution in [0.5, 0.6) is 11.5 Å². The van der Waals surface area contributed by atoms with Crippen molar-refractivity contribution in [1.29, 1.82) is 0 Å². The molecule has 0 atom stereocenters. The third-order valence-corrected chi connectivity index (χ3v) is 3.61. The second-order valence-corrected chi connectivity index (χ2v) is 5.08. The number of benzene rings is 1. The van der Waals surface area contributed by atoms with Crippen LogP contribution in [0.25, 0.3) is 16.9 Å². The van der Waals surface area contributed by atoms with Gasteiger partial charge in [0.05, 0.1) is 26.1 Å². The third-order valence-electron chi connectivity index (χ3n) is 3.61. The zero-order valence-electron chi connectivity index (χ0n) is 12.7. The van der Waals surface area contributed by atoms with Crippen LogP contribution in [0.4, 0.5) is 0 Å². The fourth-order valence-corrected chi connectivity index (χ4v) is 2.68. The van der Waals surface area contributed by atoms with Gasteiger partial charge in [0.2, 0.25) is 0 Å². The Morgan fingerprint density at radius 1 is 0.952 bits per heavy atom. The number of hydrogen-bond donors (Lipinski definition) is 0. The summed E-state index contributed by atoms with van der Waals surface area (Å²) in [4.78, 5) is 4.51. The molecule has 0 saturated carbocycles.